The van der Waals surface area contributed by atoms with Gasteiger partial charge in [-0.3, -0.25) is 18.6 Å². The molecule has 0 heterocycles. The maximum Gasteiger partial charge on any atom is 0.472 e. The van der Waals surface area contributed by atoms with Crippen molar-refractivity contribution >= 4 is 19.8 Å². The summed E-state index contributed by atoms with van der Waals surface area (Å²) in [5.41, 5.74) is 0. The van der Waals surface area contributed by atoms with Crippen LogP contribution in [-0.2, 0) is 32.7 Å². The molecule has 0 spiro atoms. The largest absolute Gasteiger partial charge is 0.472 e. The number of phosphoric ester groups is 1. The van der Waals surface area contributed by atoms with Gasteiger partial charge in [0.1, 0.15) is 6.61 Å². The molecule has 326 valence electrons. The fraction of sp³-hybridized carbons (Fsp3) is 0.783. The van der Waals surface area contributed by atoms with Crippen molar-refractivity contribution in [3.63, 3.8) is 0 Å². The molecule has 0 amide bonds. The average Bonchev–Trinajstić information content (AvgIpc) is 3.18. The molecule has 0 saturated carbocycles. The minimum absolute atomic E-state index is 0.0214. The zero-order valence-electron chi connectivity index (χ0n) is 36.1. The molecule has 0 aromatic heterocycles. The Kier molecular flexibility index (Phi) is 41.0. The van der Waals surface area contributed by atoms with Gasteiger partial charge in [-0.2, -0.15) is 0 Å². The fourth-order valence-corrected chi connectivity index (χ4v) is 6.72. The third-order valence-corrected chi connectivity index (χ3v) is 10.4. The van der Waals surface area contributed by atoms with Crippen LogP contribution in [0.5, 0.6) is 0 Å². The van der Waals surface area contributed by atoms with E-state index in [0.29, 0.717) is 13.0 Å². The number of phosphoric acid groups is 1. The van der Waals surface area contributed by atoms with Crippen LogP contribution >= 0.6 is 7.82 Å². The first-order valence-corrected chi connectivity index (χ1v) is 24.1. The van der Waals surface area contributed by atoms with Gasteiger partial charge in [0.25, 0.3) is 0 Å². The van der Waals surface area contributed by atoms with E-state index < -0.39 is 26.5 Å². The molecule has 0 fully saturated rings. The average molecular weight is 810 g/mol. The number of nitrogens with one attached hydrogen (secondary N) is 1. The van der Waals surface area contributed by atoms with Crippen molar-refractivity contribution in [3.05, 3.63) is 48.6 Å². The van der Waals surface area contributed by atoms with Crippen molar-refractivity contribution in [2.24, 2.45) is 0 Å². The lowest BCUT2D eigenvalue weighted by molar-refractivity contribution is -0.161. The molecule has 2 atom stereocenters. The molecule has 2 N–H and O–H groups in total. The van der Waals surface area contributed by atoms with Crippen LogP contribution in [0.25, 0.3) is 0 Å². The van der Waals surface area contributed by atoms with Crippen LogP contribution in [0.4, 0.5) is 0 Å². The smallest absolute Gasteiger partial charge is 0.462 e. The molecule has 2 unspecified atom stereocenters. The topological polar surface area (TPSA) is 120 Å². The first kappa shape index (κ1) is 54.0. The van der Waals surface area contributed by atoms with Crippen molar-refractivity contribution in [2.45, 2.75) is 200 Å². The van der Waals surface area contributed by atoms with E-state index in [-0.39, 0.29) is 32.0 Å². The third-order valence-electron chi connectivity index (χ3n) is 9.42. The van der Waals surface area contributed by atoms with Gasteiger partial charge < -0.3 is 19.7 Å². The van der Waals surface area contributed by atoms with Crippen LogP contribution in [0.2, 0.25) is 0 Å². The van der Waals surface area contributed by atoms with E-state index in [4.69, 9.17) is 18.5 Å². The maximum absolute atomic E-state index is 12.6. The number of rotatable bonds is 42. The second-order valence-corrected chi connectivity index (χ2v) is 16.3. The summed E-state index contributed by atoms with van der Waals surface area (Å²) in [4.78, 5) is 35.1. The van der Waals surface area contributed by atoms with Crippen molar-refractivity contribution in [3.8, 4) is 0 Å². The first-order chi connectivity index (χ1) is 27.3. The first-order valence-electron chi connectivity index (χ1n) is 22.6. The van der Waals surface area contributed by atoms with Crippen LogP contribution in [0.3, 0.4) is 0 Å². The normalized spacial score (nSPS) is 13.7. The van der Waals surface area contributed by atoms with Crippen molar-refractivity contribution < 1.29 is 37.6 Å². The van der Waals surface area contributed by atoms with Gasteiger partial charge in [0.2, 0.25) is 0 Å². The van der Waals surface area contributed by atoms with E-state index in [0.717, 1.165) is 77.0 Å². The van der Waals surface area contributed by atoms with Gasteiger partial charge in [-0.05, 0) is 84.1 Å². The summed E-state index contributed by atoms with van der Waals surface area (Å²) < 4.78 is 33.2. The van der Waals surface area contributed by atoms with Crippen molar-refractivity contribution in [1.82, 2.24) is 5.32 Å². The Labute approximate surface area is 343 Å². The third kappa shape index (κ3) is 41.6. The van der Waals surface area contributed by atoms with Gasteiger partial charge in [0, 0.05) is 19.4 Å². The van der Waals surface area contributed by atoms with Crippen LogP contribution < -0.4 is 5.32 Å². The van der Waals surface area contributed by atoms with Gasteiger partial charge in [-0.25, -0.2) is 4.57 Å². The summed E-state index contributed by atoms with van der Waals surface area (Å²) in [5, 5.41) is 2.82. The summed E-state index contributed by atoms with van der Waals surface area (Å²) in [6.45, 7) is 4.16. The van der Waals surface area contributed by atoms with Crippen LogP contribution in [0.15, 0.2) is 48.6 Å². The Morgan fingerprint density at radius 3 is 1.41 bits per heavy atom. The summed E-state index contributed by atoms with van der Waals surface area (Å²) in [5.74, 6) is -0.827. The fourth-order valence-electron chi connectivity index (χ4n) is 5.97. The molecular weight excluding hydrogens is 725 g/mol. The number of likely N-dealkylation sites (N-methyl/N-ethyl adjacent to an activating group) is 1. The summed E-state index contributed by atoms with van der Waals surface area (Å²) in [7, 11) is -2.66. The summed E-state index contributed by atoms with van der Waals surface area (Å²) >= 11 is 0. The number of ether oxygens (including phenoxy) is 2. The maximum atomic E-state index is 12.6. The number of carbonyl (C=O) groups excluding carboxylic acids is 2. The SMILES string of the molecule is CCCCC/C=C\C/C=C\CCCCCCCCCCCC(=O)OC(COC(=O)CCCCCCC/C=C\C/C=C\CCCCC)COP(=O)(O)OCCNC. The minimum atomic E-state index is -4.35. The monoisotopic (exact) mass is 810 g/mol. The number of allylic oxidation sites excluding steroid dienone is 8. The number of hydrogen-bond donors (Lipinski definition) is 2. The Balaban J connectivity index is 4.22. The number of unbranched alkanes of at least 4 members (excludes halogenated alkanes) is 20. The number of hydrogen-bond acceptors (Lipinski definition) is 8. The standard InChI is InChI=1S/C46H84NO8P/c1-4-6-8-10-12-14-16-18-20-21-22-23-25-27-29-31-33-35-37-39-46(49)55-44(43-54-56(50,51)53-41-40-47-3)42-52-45(48)38-36-34-32-30-28-26-24-19-17-15-13-11-9-7-5-2/h12-15,18-20,24,44,47H,4-11,16-17,21-23,25-43H2,1-3H3,(H,50,51)/b14-12-,15-13-,20-18-,24-19-. The predicted octanol–water partition coefficient (Wildman–Crippen LogP) is 13.0. The van der Waals surface area contributed by atoms with Gasteiger partial charge in [-0.1, -0.05) is 152 Å². The molecule has 0 aliphatic carbocycles. The quantitative estimate of drug-likeness (QED) is 0.0269. The van der Waals surface area contributed by atoms with E-state index >= 15 is 0 Å². The van der Waals surface area contributed by atoms with Gasteiger partial charge >= 0.3 is 19.8 Å². The van der Waals surface area contributed by atoms with Crippen LogP contribution in [0, 0.1) is 0 Å². The highest BCUT2D eigenvalue weighted by Gasteiger charge is 2.26. The Morgan fingerprint density at radius 1 is 0.554 bits per heavy atom. The zero-order chi connectivity index (χ0) is 41.1. The molecule has 0 saturated heterocycles. The van der Waals surface area contributed by atoms with Gasteiger partial charge in [0.15, 0.2) is 6.10 Å². The van der Waals surface area contributed by atoms with Gasteiger partial charge in [-0.15, -0.1) is 0 Å². The van der Waals surface area contributed by atoms with E-state index in [2.05, 4.69) is 67.8 Å². The molecule has 10 heteroatoms. The lowest BCUT2D eigenvalue weighted by atomic mass is 10.1. The predicted molar refractivity (Wildman–Crippen MR) is 234 cm³/mol. The Hall–Kier alpha value is -2.03. The van der Waals surface area contributed by atoms with Crippen molar-refractivity contribution in [2.75, 3.05) is 33.4 Å². The molecule has 0 aliphatic heterocycles. The highest BCUT2D eigenvalue weighted by Crippen LogP contribution is 2.43. The second kappa shape index (κ2) is 42.6. The second-order valence-electron chi connectivity index (χ2n) is 14.9. The van der Waals surface area contributed by atoms with E-state index in [1.54, 1.807) is 7.05 Å². The Bertz CT molecular complexity index is 1060. The lowest BCUT2D eigenvalue weighted by Crippen LogP contribution is -2.29. The molecule has 0 aromatic carbocycles. The highest BCUT2D eigenvalue weighted by molar-refractivity contribution is 7.47. The number of carbonyl (C=O) groups is 2. The summed E-state index contributed by atoms with van der Waals surface area (Å²) in [6.07, 6.45) is 47.2. The van der Waals surface area contributed by atoms with Crippen LogP contribution in [-0.4, -0.2) is 56.3 Å². The minimum Gasteiger partial charge on any atom is -0.462 e. The number of esters is 2. The summed E-state index contributed by atoms with van der Waals surface area (Å²) in [6, 6.07) is 0. The molecule has 0 bridgehead atoms. The highest BCUT2D eigenvalue weighted by atomic mass is 31.2. The van der Waals surface area contributed by atoms with Crippen LogP contribution in [0.1, 0.15) is 194 Å². The Morgan fingerprint density at radius 2 is 0.964 bits per heavy atom. The molecule has 0 radical (unpaired) electrons. The molecule has 0 rings (SSSR count). The molecule has 56 heavy (non-hydrogen) atoms. The van der Waals surface area contributed by atoms with Crippen molar-refractivity contribution in [1.29, 1.82) is 0 Å². The van der Waals surface area contributed by atoms with E-state index in [1.807, 2.05) is 0 Å². The molecular formula is C46H84NO8P. The van der Waals surface area contributed by atoms with E-state index in [9.17, 15) is 19.0 Å². The lowest BCUT2D eigenvalue weighted by Gasteiger charge is -2.20. The van der Waals surface area contributed by atoms with Gasteiger partial charge in [0.05, 0.1) is 13.2 Å². The molecule has 0 aliphatic rings. The zero-order valence-corrected chi connectivity index (χ0v) is 37.0. The molecule has 9 nitrogen and oxygen atoms in total. The molecule has 0 aromatic rings. The van der Waals surface area contributed by atoms with E-state index in [1.165, 1.54) is 83.5 Å².